The van der Waals surface area contributed by atoms with Crippen LogP contribution in [0.5, 0.6) is 0 Å². The van der Waals surface area contributed by atoms with Gasteiger partial charge in [-0.05, 0) is 24.6 Å². The van der Waals surface area contributed by atoms with Crippen LogP contribution < -0.4 is 0 Å². The normalized spacial score (nSPS) is 11.6. The Labute approximate surface area is 127 Å². The number of hydrogen-bond acceptors (Lipinski definition) is 5. The number of carbonyl (C=O) groups is 1. The van der Waals surface area contributed by atoms with Crippen molar-refractivity contribution in [3.8, 4) is 0 Å². The van der Waals surface area contributed by atoms with E-state index in [0.29, 0.717) is 23.1 Å². The molecular weight excluding hydrogens is 288 g/mol. The van der Waals surface area contributed by atoms with Crippen molar-refractivity contribution in [2.45, 2.75) is 43.8 Å². The zero-order valence-corrected chi connectivity index (χ0v) is 13.3. The van der Waals surface area contributed by atoms with Crippen molar-refractivity contribution in [1.29, 1.82) is 0 Å². The van der Waals surface area contributed by atoms with Crippen LogP contribution >= 0.6 is 11.8 Å². The molecule has 21 heavy (non-hydrogen) atoms. The molecule has 1 aromatic carbocycles. The van der Waals surface area contributed by atoms with Crippen LogP contribution in [0.4, 0.5) is 0 Å². The van der Waals surface area contributed by atoms with Gasteiger partial charge in [-0.25, -0.2) is 4.79 Å². The molecular formula is C15H18N2O3S. The molecule has 2 rings (SSSR count). The molecule has 0 aliphatic carbocycles. The number of aromatic carboxylic acids is 1. The predicted octanol–water partition coefficient (Wildman–Crippen LogP) is 3.67. The third-order valence-electron chi connectivity index (χ3n) is 2.91. The second-order valence-corrected chi connectivity index (χ2v) is 6.87. The predicted molar refractivity (Wildman–Crippen MR) is 80.7 cm³/mol. The molecule has 0 spiro atoms. The molecule has 6 heteroatoms. The summed E-state index contributed by atoms with van der Waals surface area (Å²) in [5.74, 6) is 0.754. The summed E-state index contributed by atoms with van der Waals surface area (Å²) in [6.45, 7) is 7.81. The van der Waals surface area contributed by atoms with Crippen LogP contribution in [0.2, 0.25) is 0 Å². The van der Waals surface area contributed by atoms with Gasteiger partial charge in [-0.15, -0.1) is 22.0 Å². The Morgan fingerprint density at radius 2 is 2.05 bits per heavy atom. The number of benzene rings is 1. The number of thioether (sulfide) groups is 1. The highest BCUT2D eigenvalue weighted by atomic mass is 32.2. The monoisotopic (exact) mass is 306 g/mol. The van der Waals surface area contributed by atoms with Crippen LogP contribution in [-0.2, 0) is 11.2 Å². The lowest BCUT2D eigenvalue weighted by Gasteiger charge is -2.10. The fourth-order valence-electron chi connectivity index (χ4n) is 1.68. The maximum absolute atomic E-state index is 11.1. The highest BCUT2D eigenvalue weighted by molar-refractivity contribution is 7.98. The fourth-order valence-corrected chi connectivity index (χ4v) is 2.45. The first kappa shape index (κ1) is 15.6. The molecule has 0 aliphatic rings. The number of aryl methyl sites for hydroxylation is 1. The van der Waals surface area contributed by atoms with Gasteiger partial charge >= 0.3 is 5.97 Å². The second kappa shape index (κ2) is 5.89. The van der Waals surface area contributed by atoms with E-state index in [1.54, 1.807) is 19.1 Å². The highest BCUT2D eigenvalue weighted by Crippen LogP contribution is 2.26. The van der Waals surface area contributed by atoms with Gasteiger partial charge in [0.2, 0.25) is 11.8 Å². The Morgan fingerprint density at radius 1 is 1.33 bits per heavy atom. The first-order valence-corrected chi connectivity index (χ1v) is 7.55. The van der Waals surface area contributed by atoms with E-state index in [0.717, 1.165) is 10.5 Å². The van der Waals surface area contributed by atoms with E-state index in [-0.39, 0.29) is 5.41 Å². The van der Waals surface area contributed by atoms with E-state index in [4.69, 9.17) is 9.52 Å². The van der Waals surface area contributed by atoms with Crippen molar-refractivity contribution in [3.05, 3.63) is 41.1 Å². The van der Waals surface area contributed by atoms with Gasteiger partial charge in [0.15, 0.2) is 0 Å². The molecule has 0 bridgehead atoms. The van der Waals surface area contributed by atoms with Crippen LogP contribution in [0.3, 0.4) is 0 Å². The van der Waals surface area contributed by atoms with Crippen molar-refractivity contribution in [2.75, 3.05) is 0 Å². The van der Waals surface area contributed by atoms with Crippen LogP contribution in [-0.4, -0.2) is 21.3 Å². The van der Waals surface area contributed by atoms with Gasteiger partial charge in [-0.1, -0.05) is 26.8 Å². The van der Waals surface area contributed by atoms with Gasteiger partial charge in [0.1, 0.15) is 0 Å². The van der Waals surface area contributed by atoms with Gasteiger partial charge in [-0.2, -0.15) is 0 Å². The van der Waals surface area contributed by atoms with E-state index >= 15 is 0 Å². The highest BCUT2D eigenvalue weighted by Gasteiger charge is 2.21. The van der Waals surface area contributed by atoms with Crippen LogP contribution in [0.15, 0.2) is 27.5 Å². The second-order valence-electron chi connectivity index (χ2n) is 5.82. The Morgan fingerprint density at radius 3 is 2.62 bits per heavy atom. The average molecular weight is 306 g/mol. The molecule has 1 aromatic heterocycles. The molecule has 1 N–H and O–H groups in total. The minimum atomic E-state index is -0.914. The smallest absolute Gasteiger partial charge is 0.335 e. The fraction of sp³-hybridized carbons (Fsp3) is 0.400. The van der Waals surface area contributed by atoms with Crippen LogP contribution in [0, 0.1) is 6.92 Å². The Kier molecular flexibility index (Phi) is 4.37. The maximum atomic E-state index is 11.1. The first-order valence-electron chi connectivity index (χ1n) is 6.57. The van der Waals surface area contributed by atoms with Gasteiger partial charge in [0, 0.05) is 10.3 Å². The van der Waals surface area contributed by atoms with Gasteiger partial charge in [0.25, 0.3) is 0 Å². The first-order chi connectivity index (χ1) is 9.77. The largest absolute Gasteiger partial charge is 0.478 e. The van der Waals surface area contributed by atoms with Gasteiger partial charge in [-0.3, -0.25) is 0 Å². The summed E-state index contributed by atoms with van der Waals surface area (Å²) >= 11 is 1.48. The lowest BCUT2D eigenvalue weighted by atomic mass is 9.97. The SMILES string of the molecule is Cc1ccc(SCc2nnc(C(C)(C)C)o2)cc1C(=O)O. The van der Waals surface area contributed by atoms with E-state index in [9.17, 15) is 4.79 Å². The molecule has 0 amide bonds. The number of aromatic nitrogens is 2. The minimum absolute atomic E-state index is 0.170. The van der Waals surface area contributed by atoms with E-state index in [1.807, 2.05) is 26.8 Å². The summed E-state index contributed by atoms with van der Waals surface area (Å²) in [5.41, 5.74) is 0.900. The van der Waals surface area contributed by atoms with Crippen molar-refractivity contribution in [1.82, 2.24) is 10.2 Å². The Balaban J connectivity index is 2.08. The van der Waals surface area contributed by atoms with Crippen molar-refractivity contribution in [3.63, 3.8) is 0 Å². The maximum Gasteiger partial charge on any atom is 0.335 e. The Hall–Kier alpha value is -1.82. The minimum Gasteiger partial charge on any atom is -0.478 e. The molecule has 0 saturated carbocycles. The number of rotatable bonds is 4. The summed E-state index contributed by atoms with van der Waals surface area (Å²) in [6.07, 6.45) is 0. The summed E-state index contributed by atoms with van der Waals surface area (Å²) in [4.78, 5) is 12.0. The van der Waals surface area contributed by atoms with Crippen molar-refractivity contribution >= 4 is 17.7 Å². The van der Waals surface area contributed by atoms with Crippen molar-refractivity contribution in [2.24, 2.45) is 0 Å². The molecule has 0 fully saturated rings. The summed E-state index contributed by atoms with van der Waals surface area (Å²) in [7, 11) is 0. The summed E-state index contributed by atoms with van der Waals surface area (Å²) < 4.78 is 5.61. The quantitative estimate of drug-likeness (QED) is 0.869. The molecule has 0 unspecified atom stereocenters. The van der Waals surface area contributed by atoms with E-state index < -0.39 is 5.97 Å². The standard InChI is InChI=1S/C15H18N2O3S/c1-9-5-6-10(7-11(9)13(18)19)21-8-12-16-17-14(20-12)15(2,3)4/h5-7H,8H2,1-4H3,(H,18,19). The molecule has 0 aliphatic heterocycles. The molecule has 0 radical (unpaired) electrons. The lowest BCUT2D eigenvalue weighted by Crippen LogP contribution is -2.11. The third kappa shape index (κ3) is 3.85. The molecule has 0 atom stereocenters. The zero-order valence-electron chi connectivity index (χ0n) is 12.5. The topological polar surface area (TPSA) is 76.2 Å². The molecule has 1 heterocycles. The summed E-state index contributed by atoms with van der Waals surface area (Å²) in [6, 6.07) is 5.37. The molecule has 112 valence electrons. The Bertz CT molecular complexity index is 659. The number of hydrogen-bond donors (Lipinski definition) is 1. The number of nitrogens with zero attached hydrogens (tertiary/aromatic N) is 2. The number of carboxylic acid groups (broad SMARTS) is 1. The summed E-state index contributed by atoms with van der Waals surface area (Å²) in [5, 5.41) is 17.2. The van der Waals surface area contributed by atoms with Crippen molar-refractivity contribution < 1.29 is 14.3 Å². The van der Waals surface area contributed by atoms with E-state index in [1.165, 1.54) is 11.8 Å². The van der Waals surface area contributed by atoms with E-state index in [2.05, 4.69) is 10.2 Å². The third-order valence-corrected chi connectivity index (χ3v) is 3.89. The van der Waals surface area contributed by atoms with Gasteiger partial charge < -0.3 is 9.52 Å². The van der Waals surface area contributed by atoms with Crippen LogP contribution in [0.1, 0.15) is 48.5 Å². The number of carboxylic acids is 1. The molecule has 5 nitrogen and oxygen atoms in total. The van der Waals surface area contributed by atoms with Gasteiger partial charge in [0.05, 0.1) is 11.3 Å². The molecule has 0 saturated heterocycles. The molecule has 2 aromatic rings. The lowest BCUT2D eigenvalue weighted by molar-refractivity contribution is 0.0696. The zero-order chi connectivity index (χ0) is 15.6. The average Bonchev–Trinajstić information content (AvgIpc) is 2.86. The van der Waals surface area contributed by atoms with Crippen LogP contribution in [0.25, 0.3) is 0 Å².